The number of ether oxygens (including phenoxy) is 1. The van der Waals surface area contributed by atoms with E-state index in [-0.39, 0.29) is 5.56 Å². The number of hydrogen-bond donors (Lipinski definition) is 1. The van der Waals surface area contributed by atoms with E-state index in [1.807, 2.05) is 0 Å². The standard InChI is InChI=1S/C13H15F6NO/c1-6-4-8(5-7(2)10(6)21-3)9(20)11(12(14,15)16)13(17,18)19/h4-5,9,11H,20H2,1-3H3. The van der Waals surface area contributed by atoms with E-state index < -0.39 is 24.3 Å². The second-order valence-electron chi connectivity index (χ2n) is 4.77. The smallest absolute Gasteiger partial charge is 0.402 e. The number of rotatable bonds is 3. The van der Waals surface area contributed by atoms with E-state index >= 15 is 0 Å². The van der Waals surface area contributed by atoms with Crippen LogP contribution in [-0.4, -0.2) is 19.5 Å². The van der Waals surface area contributed by atoms with Crippen molar-refractivity contribution in [3.8, 4) is 5.75 Å². The van der Waals surface area contributed by atoms with Gasteiger partial charge in [-0.05, 0) is 30.5 Å². The molecule has 0 aliphatic rings. The quantitative estimate of drug-likeness (QED) is 0.854. The maximum Gasteiger partial charge on any atom is 0.402 e. The van der Waals surface area contributed by atoms with Crippen LogP contribution in [0.15, 0.2) is 12.1 Å². The summed E-state index contributed by atoms with van der Waals surface area (Å²) in [5.41, 5.74) is 5.87. The summed E-state index contributed by atoms with van der Waals surface area (Å²) in [6.07, 6.45) is -10.9. The van der Waals surface area contributed by atoms with Crippen molar-refractivity contribution in [2.75, 3.05) is 7.11 Å². The van der Waals surface area contributed by atoms with Gasteiger partial charge in [0.2, 0.25) is 0 Å². The van der Waals surface area contributed by atoms with E-state index in [0.717, 1.165) is 0 Å². The highest BCUT2D eigenvalue weighted by atomic mass is 19.4. The SMILES string of the molecule is COc1c(C)cc(C(N)C(C(F)(F)F)C(F)(F)F)cc1C. The maximum absolute atomic E-state index is 12.7. The van der Waals surface area contributed by atoms with Crippen molar-refractivity contribution in [2.24, 2.45) is 11.7 Å². The molecular weight excluding hydrogens is 300 g/mol. The van der Waals surface area contributed by atoms with Crippen LogP contribution in [0.25, 0.3) is 0 Å². The first-order valence-corrected chi connectivity index (χ1v) is 5.93. The molecule has 0 spiro atoms. The number of methoxy groups -OCH3 is 1. The van der Waals surface area contributed by atoms with E-state index in [2.05, 4.69) is 0 Å². The molecule has 2 nitrogen and oxygen atoms in total. The molecule has 1 atom stereocenters. The summed E-state index contributed by atoms with van der Waals surface area (Å²) in [5.74, 6) is -3.21. The van der Waals surface area contributed by atoms with Crippen molar-refractivity contribution in [2.45, 2.75) is 32.2 Å². The molecule has 0 amide bonds. The summed E-state index contributed by atoms with van der Waals surface area (Å²) in [7, 11) is 1.36. The molecule has 0 aliphatic carbocycles. The Morgan fingerprint density at radius 3 is 1.62 bits per heavy atom. The first-order valence-electron chi connectivity index (χ1n) is 5.93. The van der Waals surface area contributed by atoms with Gasteiger partial charge in [0.05, 0.1) is 13.2 Å². The molecule has 1 aromatic rings. The van der Waals surface area contributed by atoms with Gasteiger partial charge in [0, 0.05) is 0 Å². The van der Waals surface area contributed by atoms with Gasteiger partial charge < -0.3 is 10.5 Å². The molecule has 120 valence electrons. The fraction of sp³-hybridized carbons (Fsp3) is 0.538. The zero-order valence-electron chi connectivity index (χ0n) is 11.6. The zero-order chi connectivity index (χ0) is 16.6. The van der Waals surface area contributed by atoms with E-state index in [4.69, 9.17) is 10.5 Å². The largest absolute Gasteiger partial charge is 0.496 e. The highest BCUT2D eigenvalue weighted by Crippen LogP contribution is 2.46. The van der Waals surface area contributed by atoms with E-state index in [9.17, 15) is 26.3 Å². The van der Waals surface area contributed by atoms with Gasteiger partial charge in [0.1, 0.15) is 5.75 Å². The zero-order valence-corrected chi connectivity index (χ0v) is 11.6. The van der Waals surface area contributed by atoms with Gasteiger partial charge in [-0.3, -0.25) is 0 Å². The van der Waals surface area contributed by atoms with Crippen LogP contribution in [0.2, 0.25) is 0 Å². The Hall–Kier alpha value is -1.44. The van der Waals surface area contributed by atoms with Crippen LogP contribution < -0.4 is 10.5 Å². The molecule has 0 bridgehead atoms. The van der Waals surface area contributed by atoms with Crippen LogP contribution in [0.4, 0.5) is 26.3 Å². The van der Waals surface area contributed by atoms with Crippen molar-refractivity contribution in [1.82, 2.24) is 0 Å². The van der Waals surface area contributed by atoms with Gasteiger partial charge in [0.15, 0.2) is 5.92 Å². The molecule has 0 aliphatic heterocycles. The topological polar surface area (TPSA) is 35.2 Å². The van der Waals surface area contributed by atoms with Crippen LogP contribution in [0, 0.1) is 19.8 Å². The number of aryl methyl sites for hydroxylation is 2. The number of halogens is 6. The number of alkyl halides is 6. The van der Waals surface area contributed by atoms with Crippen LogP contribution in [0.5, 0.6) is 5.75 Å². The van der Waals surface area contributed by atoms with Gasteiger partial charge in [-0.25, -0.2) is 0 Å². The third kappa shape index (κ3) is 3.81. The van der Waals surface area contributed by atoms with Crippen LogP contribution in [0.3, 0.4) is 0 Å². The Morgan fingerprint density at radius 2 is 1.33 bits per heavy atom. The lowest BCUT2D eigenvalue weighted by Crippen LogP contribution is -2.44. The second kappa shape index (κ2) is 5.75. The van der Waals surface area contributed by atoms with Crippen molar-refractivity contribution < 1.29 is 31.1 Å². The van der Waals surface area contributed by atoms with Crippen LogP contribution in [0.1, 0.15) is 22.7 Å². The molecule has 1 unspecified atom stereocenters. The first-order chi connectivity index (χ1) is 9.39. The summed E-state index contributed by atoms with van der Waals surface area (Å²) in [4.78, 5) is 0. The molecule has 2 N–H and O–H groups in total. The van der Waals surface area contributed by atoms with Gasteiger partial charge in [-0.1, -0.05) is 12.1 Å². The summed E-state index contributed by atoms with van der Waals surface area (Å²) in [6.45, 7) is 3.05. The lowest BCUT2D eigenvalue weighted by molar-refractivity contribution is -0.290. The molecule has 1 rings (SSSR count). The Kier molecular flexibility index (Phi) is 4.82. The van der Waals surface area contributed by atoms with E-state index in [0.29, 0.717) is 16.9 Å². The molecule has 0 fully saturated rings. The predicted molar refractivity (Wildman–Crippen MR) is 65.0 cm³/mol. The molecule has 21 heavy (non-hydrogen) atoms. The molecular formula is C13H15F6NO. The van der Waals surface area contributed by atoms with Crippen molar-refractivity contribution >= 4 is 0 Å². The number of benzene rings is 1. The highest BCUT2D eigenvalue weighted by molar-refractivity contribution is 5.44. The third-order valence-corrected chi connectivity index (χ3v) is 3.14. The molecule has 1 aromatic carbocycles. The lowest BCUT2D eigenvalue weighted by Gasteiger charge is -2.29. The number of nitrogens with two attached hydrogens (primary N) is 1. The Bertz CT molecular complexity index is 471. The lowest BCUT2D eigenvalue weighted by atomic mass is 9.90. The minimum absolute atomic E-state index is 0.231. The fourth-order valence-electron chi connectivity index (χ4n) is 2.28. The van der Waals surface area contributed by atoms with E-state index in [1.54, 1.807) is 0 Å². The van der Waals surface area contributed by atoms with Gasteiger partial charge >= 0.3 is 12.4 Å². The summed E-state index contributed by atoms with van der Waals surface area (Å²) in [6, 6.07) is 0.135. The van der Waals surface area contributed by atoms with E-state index in [1.165, 1.54) is 33.1 Å². The van der Waals surface area contributed by atoms with Crippen molar-refractivity contribution in [3.05, 3.63) is 28.8 Å². The summed E-state index contributed by atoms with van der Waals surface area (Å²) in [5, 5.41) is 0. The minimum Gasteiger partial charge on any atom is -0.496 e. The van der Waals surface area contributed by atoms with Gasteiger partial charge in [0.25, 0.3) is 0 Å². The summed E-state index contributed by atoms with van der Waals surface area (Å²) >= 11 is 0. The van der Waals surface area contributed by atoms with Crippen molar-refractivity contribution in [3.63, 3.8) is 0 Å². The predicted octanol–water partition coefficient (Wildman–Crippen LogP) is 4.05. The van der Waals surface area contributed by atoms with Crippen molar-refractivity contribution in [1.29, 1.82) is 0 Å². The highest BCUT2D eigenvalue weighted by Gasteiger charge is 2.59. The molecule has 0 saturated heterocycles. The average molecular weight is 315 g/mol. The molecule has 8 heteroatoms. The Labute approximate surface area is 117 Å². The molecule has 0 aromatic heterocycles. The molecule has 0 radical (unpaired) electrons. The number of hydrogen-bond acceptors (Lipinski definition) is 2. The van der Waals surface area contributed by atoms with Crippen LogP contribution in [-0.2, 0) is 0 Å². The average Bonchev–Trinajstić information content (AvgIpc) is 2.24. The normalized spacial score (nSPS) is 14.4. The summed E-state index contributed by atoms with van der Waals surface area (Å²) < 4.78 is 81.1. The Balaban J connectivity index is 3.32. The monoisotopic (exact) mass is 315 g/mol. The first kappa shape index (κ1) is 17.6. The van der Waals surface area contributed by atoms with Crippen LogP contribution >= 0.6 is 0 Å². The Morgan fingerprint density at radius 1 is 0.952 bits per heavy atom. The molecule has 0 saturated carbocycles. The fourth-order valence-corrected chi connectivity index (χ4v) is 2.28. The minimum atomic E-state index is -5.47. The molecule has 0 heterocycles. The second-order valence-corrected chi connectivity index (χ2v) is 4.77. The maximum atomic E-state index is 12.7. The van der Waals surface area contributed by atoms with Gasteiger partial charge in [-0.15, -0.1) is 0 Å². The van der Waals surface area contributed by atoms with Gasteiger partial charge in [-0.2, -0.15) is 26.3 Å². The third-order valence-electron chi connectivity index (χ3n) is 3.14.